The van der Waals surface area contributed by atoms with Crippen molar-refractivity contribution < 1.29 is 4.74 Å². The Kier molecular flexibility index (Phi) is 3.56. The Morgan fingerprint density at radius 1 is 1.06 bits per heavy atom. The lowest BCUT2D eigenvalue weighted by atomic mass is 10.3. The largest absolute Gasteiger partial charge is 0.455 e. The molecule has 0 amide bonds. The van der Waals surface area contributed by atoms with Gasteiger partial charge in [0.2, 0.25) is 0 Å². The van der Waals surface area contributed by atoms with Gasteiger partial charge >= 0.3 is 0 Å². The topological polar surface area (TPSA) is 35.2 Å². The maximum Gasteiger partial charge on any atom is 0.146 e. The van der Waals surface area contributed by atoms with Crippen LogP contribution in [0.25, 0.3) is 0 Å². The number of para-hydroxylation sites is 1. The standard InChI is InChI=1S/C12H9ClINO/c13-9-3-1-2-4-11(9)16-12-6-5-8(15)7-10(12)14/h1-7H,15H2. The highest BCUT2D eigenvalue weighted by atomic mass is 127. The number of anilines is 1. The number of rotatable bonds is 2. The van der Waals surface area contributed by atoms with Crippen molar-refractivity contribution in [2.45, 2.75) is 0 Å². The molecule has 0 aliphatic heterocycles. The van der Waals surface area contributed by atoms with E-state index in [-0.39, 0.29) is 0 Å². The highest BCUT2D eigenvalue weighted by Crippen LogP contribution is 2.32. The van der Waals surface area contributed by atoms with E-state index in [1.54, 1.807) is 12.1 Å². The quantitative estimate of drug-likeness (QED) is 0.650. The summed E-state index contributed by atoms with van der Waals surface area (Å²) in [6.45, 7) is 0. The summed E-state index contributed by atoms with van der Waals surface area (Å²) in [5, 5.41) is 0.593. The molecule has 2 rings (SSSR count). The molecule has 16 heavy (non-hydrogen) atoms. The van der Waals surface area contributed by atoms with Crippen molar-refractivity contribution >= 4 is 39.9 Å². The van der Waals surface area contributed by atoms with Crippen LogP contribution in [0.5, 0.6) is 11.5 Å². The van der Waals surface area contributed by atoms with Crippen LogP contribution >= 0.6 is 34.2 Å². The Morgan fingerprint density at radius 3 is 2.50 bits per heavy atom. The third-order valence-corrected chi connectivity index (χ3v) is 3.17. The maximum atomic E-state index is 6.01. The van der Waals surface area contributed by atoms with E-state index in [1.165, 1.54) is 0 Å². The lowest BCUT2D eigenvalue weighted by Gasteiger charge is -2.09. The predicted octanol–water partition coefficient (Wildman–Crippen LogP) is 4.32. The zero-order valence-electron chi connectivity index (χ0n) is 8.28. The van der Waals surface area contributed by atoms with Crippen LogP contribution in [0, 0.1) is 3.57 Å². The van der Waals surface area contributed by atoms with Crippen molar-refractivity contribution in [2.75, 3.05) is 5.73 Å². The molecule has 0 aromatic heterocycles. The van der Waals surface area contributed by atoms with Gasteiger partial charge in [0.25, 0.3) is 0 Å². The van der Waals surface area contributed by atoms with Crippen LogP contribution in [0.2, 0.25) is 5.02 Å². The SMILES string of the molecule is Nc1ccc(Oc2ccccc2Cl)c(I)c1. The molecule has 0 heterocycles. The van der Waals surface area contributed by atoms with E-state index >= 15 is 0 Å². The number of halogens is 2. The first-order valence-corrected chi connectivity index (χ1v) is 6.10. The summed E-state index contributed by atoms with van der Waals surface area (Å²) in [5.41, 5.74) is 6.38. The van der Waals surface area contributed by atoms with E-state index in [2.05, 4.69) is 22.6 Å². The van der Waals surface area contributed by atoms with Gasteiger partial charge in [0, 0.05) is 5.69 Å². The van der Waals surface area contributed by atoms with E-state index < -0.39 is 0 Å². The summed E-state index contributed by atoms with van der Waals surface area (Å²) in [5.74, 6) is 1.40. The molecule has 0 saturated heterocycles. The third-order valence-electron chi connectivity index (χ3n) is 2.01. The number of benzene rings is 2. The average molecular weight is 346 g/mol. The molecule has 2 nitrogen and oxygen atoms in total. The Hall–Kier alpha value is -0.940. The minimum atomic E-state index is 0.593. The van der Waals surface area contributed by atoms with Crippen molar-refractivity contribution in [1.29, 1.82) is 0 Å². The smallest absolute Gasteiger partial charge is 0.146 e. The van der Waals surface area contributed by atoms with Crippen LogP contribution in [0.1, 0.15) is 0 Å². The van der Waals surface area contributed by atoms with E-state index in [9.17, 15) is 0 Å². The molecule has 0 unspecified atom stereocenters. The number of nitrogens with two attached hydrogens (primary N) is 1. The zero-order valence-corrected chi connectivity index (χ0v) is 11.2. The summed E-state index contributed by atoms with van der Waals surface area (Å²) in [6, 6.07) is 12.9. The Bertz CT molecular complexity index is 516. The Morgan fingerprint density at radius 2 is 1.81 bits per heavy atom. The molecule has 2 aromatic carbocycles. The second kappa shape index (κ2) is 4.93. The maximum absolute atomic E-state index is 6.01. The molecule has 82 valence electrons. The molecule has 0 spiro atoms. The van der Waals surface area contributed by atoms with E-state index in [0.717, 1.165) is 15.0 Å². The number of hydrogen-bond donors (Lipinski definition) is 1. The van der Waals surface area contributed by atoms with Crippen molar-refractivity contribution in [1.82, 2.24) is 0 Å². The molecule has 0 saturated carbocycles. The first-order chi connectivity index (χ1) is 7.66. The highest BCUT2D eigenvalue weighted by Gasteiger charge is 2.05. The van der Waals surface area contributed by atoms with Gasteiger partial charge in [-0.3, -0.25) is 0 Å². The molecule has 0 aliphatic carbocycles. The summed E-state index contributed by atoms with van der Waals surface area (Å²) >= 11 is 8.18. The second-order valence-electron chi connectivity index (χ2n) is 3.22. The van der Waals surface area contributed by atoms with Crippen molar-refractivity contribution in [2.24, 2.45) is 0 Å². The van der Waals surface area contributed by atoms with Gasteiger partial charge in [-0.1, -0.05) is 23.7 Å². The van der Waals surface area contributed by atoms with Crippen molar-refractivity contribution in [3.05, 3.63) is 51.1 Å². The average Bonchev–Trinajstić information content (AvgIpc) is 2.25. The van der Waals surface area contributed by atoms with Gasteiger partial charge in [-0.15, -0.1) is 0 Å². The molecular formula is C12H9ClINO. The fraction of sp³-hybridized carbons (Fsp3) is 0. The summed E-state index contributed by atoms with van der Waals surface area (Å²) in [7, 11) is 0. The predicted molar refractivity (Wildman–Crippen MR) is 75.1 cm³/mol. The van der Waals surface area contributed by atoms with Gasteiger partial charge in [0.15, 0.2) is 0 Å². The number of ether oxygens (including phenoxy) is 1. The number of hydrogen-bond acceptors (Lipinski definition) is 2. The summed E-state index contributed by atoms with van der Waals surface area (Å²) < 4.78 is 6.66. The Labute approximate surface area is 113 Å². The highest BCUT2D eigenvalue weighted by molar-refractivity contribution is 14.1. The molecular weight excluding hydrogens is 336 g/mol. The van der Waals surface area contributed by atoms with Crippen LogP contribution in [-0.2, 0) is 0 Å². The monoisotopic (exact) mass is 345 g/mol. The third kappa shape index (κ3) is 2.59. The molecule has 0 radical (unpaired) electrons. The first kappa shape index (κ1) is 11.5. The molecule has 0 atom stereocenters. The first-order valence-electron chi connectivity index (χ1n) is 4.64. The molecule has 0 bridgehead atoms. The Balaban J connectivity index is 2.31. The van der Waals surface area contributed by atoms with Gasteiger partial charge in [0.1, 0.15) is 11.5 Å². The number of nitrogen functional groups attached to an aromatic ring is 1. The van der Waals surface area contributed by atoms with Gasteiger partial charge in [0.05, 0.1) is 8.59 Å². The van der Waals surface area contributed by atoms with Crippen LogP contribution in [-0.4, -0.2) is 0 Å². The molecule has 4 heteroatoms. The lowest BCUT2D eigenvalue weighted by Crippen LogP contribution is -1.90. The second-order valence-corrected chi connectivity index (χ2v) is 4.79. The van der Waals surface area contributed by atoms with E-state index in [1.807, 2.05) is 30.3 Å². The van der Waals surface area contributed by atoms with Crippen molar-refractivity contribution in [3.8, 4) is 11.5 Å². The van der Waals surface area contributed by atoms with Gasteiger partial charge in [-0.05, 0) is 52.9 Å². The fourth-order valence-electron chi connectivity index (χ4n) is 1.25. The van der Waals surface area contributed by atoms with Crippen LogP contribution in [0.3, 0.4) is 0 Å². The fourth-order valence-corrected chi connectivity index (χ4v) is 2.07. The van der Waals surface area contributed by atoms with Gasteiger partial charge in [-0.25, -0.2) is 0 Å². The van der Waals surface area contributed by atoms with Gasteiger partial charge in [-0.2, -0.15) is 0 Å². The normalized spacial score (nSPS) is 10.1. The minimum absolute atomic E-state index is 0.593. The zero-order chi connectivity index (χ0) is 11.5. The molecule has 0 fully saturated rings. The van der Waals surface area contributed by atoms with Crippen LogP contribution in [0.4, 0.5) is 5.69 Å². The molecule has 2 N–H and O–H groups in total. The van der Waals surface area contributed by atoms with E-state index in [0.29, 0.717) is 10.8 Å². The molecule has 2 aromatic rings. The molecule has 0 aliphatic rings. The minimum Gasteiger partial charge on any atom is -0.455 e. The van der Waals surface area contributed by atoms with Crippen molar-refractivity contribution in [3.63, 3.8) is 0 Å². The van der Waals surface area contributed by atoms with Crippen LogP contribution < -0.4 is 10.5 Å². The van der Waals surface area contributed by atoms with Crippen LogP contribution in [0.15, 0.2) is 42.5 Å². The summed E-state index contributed by atoms with van der Waals surface area (Å²) in [4.78, 5) is 0. The lowest BCUT2D eigenvalue weighted by molar-refractivity contribution is 0.479. The summed E-state index contributed by atoms with van der Waals surface area (Å²) in [6.07, 6.45) is 0. The van der Waals surface area contributed by atoms with E-state index in [4.69, 9.17) is 22.1 Å². The van der Waals surface area contributed by atoms with Gasteiger partial charge < -0.3 is 10.5 Å².